The zero-order valence-corrected chi connectivity index (χ0v) is 20.0. The van der Waals surface area contributed by atoms with E-state index in [4.69, 9.17) is 4.74 Å². The summed E-state index contributed by atoms with van der Waals surface area (Å²) in [6.07, 6.45) is 3.98. The maximum Gasteiger partial charge on any atom is 0.178 e. The number of aliphatic hydroxyl groups is 1. The Bertz CT molecular complexity index is 1690. The van der Waals surface area contributed by atoms with E-state index in [1.807, 2.05) is 61.5 Å². The molecule has 0 saturated carbocycles. The van der Waals surface area contributed by atoms with E-state index in [0.717, 1.165) is 49.7 Å². The van der Waals surface area contributed by atoms with E-state index in [-0.39, 0.29) is 11.6 Å². The van der Waals surface area contributed by atoms with Crippen molar-refractivity contribution in [2.75, 3.05) is 0 Å². The molecule has 5 aromatic rings. The Morgan fingerprint density at radius 2 is 1.30 bits per heavy atom. The van der Waals surface area contributed by atoms with E-state index >= 15 is 0 Å². The van der Waals surface area contributed by atoms with Gasteiger partial charge in [0.05, 0.1) is 0 Å². The first-order chi connectivity index (χ1) is 17.9. The molecule has 0 bridgehead atoms. The van der Waals surface area contributed by atoms with Gasteiger partial charge in [-0.2, -0.15) is 0 Å². The van der Waals surface area contributed by atoms with E-state index in [9.17, 15) is 13.9 Å². The highest BCUT2D eigenvalue weighted by Gasteiger charge is 2.40. The standard InChI is InChI=1S/C33H22F2O2/c1-32(36)28-5-3-2-4-27(28)31-26-15-17-30-25(24(26)14-16-29(31)32)18-19-33(37-30,20-6-10-22(34)11-7-20)21-8-12-23(35)13-9-21/h2-19,36H,1H3. The van der Waals surface area contributed by atoms with Crippen molar-refractivity contribution in [3.05, 3.63) is 143 Å². The second-order valence-corrected chi connectivity index (χ2v) is 9.86. The van der Waals surface area contributed by atoms with E-state index < -0.39 is 11.2 Å². The van der Waals surface area contributed by atoms with Gasteiger partial charge in [-0.05, 0) is 82.4 Å². The highest BCUT2D eigenvalue weighted by molar-refractivity contribution is 6.06. The van der Waals surface area contributed by atoms with Crippen LogP contribution in [0, 0.1) is 11.6 Å². The first-order valence-corrected chi connectivity index (χ1v) is 12.2. The molecule has 1 atom stereocenters. The van der Waals surface area contributed by atoms with Gasteiger partial charge in [-0.3, -0.25) is 0 Å². The van der Waals surface area contributed by atoms with Crippen LogP contribution >= 0.6 is 0 Å². The fraction of sp³-hybridized carbons (Fsp3) is 0.0909. The van der Waals surface area contributed by atoms with Gasteiger partial charge in [0.25, 0.3) is 0 Å². The lowest BCUT2D eigenvalue weighted by atomic mass is 9.82. The zero-order chi connectivity index (χ0) is 25.4. The Morgan fingerprint density at radius 1 is 0.676 bits per heavy atom. The molecule has 0 aromatic heterocycles. The van der Waals surface area contributed by atoms with Crippen LogP contribution in [0.4, 0.5) is 8.78 Å². The summed E-state index contributed by atoms with van der Waals surface area (Å²) in [5.41, 5.74) is 4.12. The summed E-state index contributed by atoms with van der Waals surface area (Å²) < 4.78 is 34.3. The molecule has 37 heavy (non-hydrogen) atoms. The van der Waals surface area contributed by atoms with Gasteiger partial charge in [0.1, 0.15) is 23.0 Å². The molecule has 0 radical (unpaired) electrons. The molecular formula is C33H22F2O2. The van der Waals surface area contributed by atoms with Crippen molar-refractivity contribution in [3.63, 3.8) is 0 Å². The molecule has 1 aliphatic heterocycles. The van der Waals surface area contributed by atoms with Crippen molar-refractivity contribution >= 4 is 16.8 Å². The molecule has 4 heteroatoms. The molecule has 0 saturated heterocycles. The van der Waals surface area contributed by atoms with Crippen LogP contribution in [0.3, 0.4) is 0 Å². The first-order valence-electron chi connectivity index (χ1n) is 12.2. The van der Waals surface area contributed by atoms with Gasteiger partial charge < -0.3 is 9.84 Å². The second-order valence-electron chi connectivity index (χ2n) is 9.86. The molecule has 2 aliphatic rings. The highest BCUT2D eigenvalue weighted by atomic mass is 19.1. The molecule has 180 valence electrons. The van der Waals surface area contributed by atoms with Crippen LogP contribution in [-0.4, -0.2) is 5.11 Å². The van der Waals surface area contributed by atoms with Gasteiger partial charge in [-0.25, -0.2) is 8.78 Å². The lowest BCUT2D eigenvalue weighted by molar-refractivity contribution is 0.107. The molecule has 0 spiro atoms. The lowest BCUT2D eigenvalue weighted by Crippen LogP contribution is -2.34. The van der Waals surface area contributed by atoms with Gasteiger partial charge in [-0.15, -0.1) is 0 Å². The Kier molecular flexibility index (Phi) is 4.52. The third-order valence-corrected chi connectivity index (χ3v) is 7.75. The highest BCUT2D eigenvalue weighted by Crippen LogP contribution is 2.52. The maximum absolute atomic E-state index is 13.8. The predicted molar refractivity (Wildman–Crippen MR) is 141 cm³/mol. The molecule has 5 aromatic carbocycles. The summed E-state index contributed by atoms with van der Waals surface area (Å²) in [5.74, 6) is -0.00920. The van der Waals surface area contributed by atoms with E-state index in [1.54, 1.807) is 24.3 Å². The fourth-order valence-electron chi connectivity index (χ4n) is 5.92. The Balaban J connectivity index is 1.44. The van der Waals surface area contributed by atoms with Gasteiger partial charge in [0.2, 0.25) is 0 Å². The average Bonchev–Trinajstić information content (AvgIpc) is 3.16. The minimum absolute atomic E-state index is 0.339. The number of halogens is 2. The first kappa shape index (κ1) is 22.0. The third kappa shape index (κ3) is 3.06. The number of benzene rings is 5. The number of hydrogen-bond acceptors (Lipinski definition) is 2. The molecule has 7 rings (SSSR count). The van der Waals surface area contributed by atoms with E-state index in [0.29, 0.717) is 5.75 Å². The zero-order valence-electron chi connectivity index (χ0n) is 20.0. The molecule has 0 amide bonds. The normalized spacial score (nSPS) is 18.7. The van der Waals surface area contributed by atoms with Crippen LogP contribution in [-0.2, 0) is 11.2 Å². The Morgan fingerprint density at radius 3 is 1.97 bits per heavy atom. The summed E-state index contributed by atoms with van der Waals surface area (Å²) in [7, 11) is 0. The van der Waals surface area contributed by atoms with Crippen LogP contribution < -0.4 is 4.74 Å². The summed E-state index contributed by atoms with van der Waals surface area (Å²) in [4.78, 5) is 0. The Labute approximate surface area is 213 Å². The average molecular weight is 489 g/mol. The Hall–Kier alpha value is -4.28. The minimum atomic E-state index is -1.07. The molecule has 1 N–H and O–H groups in total. The van der Waals surface area contributed by atoms with Crippen LogP contribution in [0.1, 0.15) is 34.7 Å². The smallest absolute Gasteiger partial charge is 0.178 e. The van der Waals surface area contributed by atoms with Gasteiger partial charge >= 0.3 is 0 Å². The molecule has 1 aliphatic carbocycles. The van der Waals surface area contributed by atoms with E-state index in [1.165, 1.54) is 24.3 Å². The summed E-state index contributed by atoms with van der Waals surface area (Å²) in [6.45, 7) is 1.84. The number of fused-ring (bicyclic) bond motifs is 7. The quantitative estimate of drug-likeness (QED) is 0.276. The lowest BCUT2D eigenvalue weighted by Gasteiger charge is -2.36. The fourth-order valence-corrected chi connectivity index (χ4v) is 5.92. The molecule has 1 unspecified atom stereocenters. The van der Waals surface area contributed by atoms with Crippen molar-refractivity contribution in [2.24, 2.45) is 0 Å². The van der Waals surface area contributed by atoms with Crippen molar-refractivity contribution < 1.29 is 18.6 Å². The van der Waals surface area contributed by atoms with Gasteiger partial charge in [0, 0.05) is 16.7 Å². The van der Waals surface area contributed by atoms with Gasteiger partial charge in [-0.1, -0.05) is 66.7 Å². The molecular weight excluding hydrogens is 466 g/mol. The predicted octanol–water partition coefficient (Wildman–Crippen LogP) is 7.70. The van der Waals surface area contributed by atoms with Gasteiger partial charge in [0.15, 0.2) is 5.60 Å². The minimum Gasteiger partial charge on any atom is -0.473 e. The molecule has 1 heterocycles. The number of ether oxygens (including phenoxy) is 1. The monoisotopic (exact) mass is 488 g/mol. The van der Waals surface area contributed by atoms with Crippen LogP contribution in [0.15, 0.2) is 103 Å². The third-order valence-electron chi connectivity index (χ3n) is 7.75. The number of hydrogen-bond donors (Lipinski definition) is 1. The topological polar surface area (TPSA) is 29.5 Å². The molecule has 0 fully saturated rings. The summed E-state index contributed by atoms with van der Waals surface area (Å²) in [5, 5.41) is 13.4. The maximum atomic E-state index is 13.8. The second kappa shape index (κ2) is 7.61. The van der Waals surface area contributed by atoms with Crippen molar-refractivity contribution in [1.82, 2.24) is 0 Å². The van der Waals surface area contributed by atoms with Crippen LogP contribution in [0.2, 0.25) is 0 Å². The number of rotatable bonds is 2. The van der Waals surface area contributed by atoms with Crippen molar-refractivity contribution in [2.45, 2.75) is 18.1 Å². The van der Waals surface area contributed by atoms with Crippen LogP contribution in [0.5, 0.6) is 5.75 Å². The van der Waals surface area contributed by atoms with E-state index in [2.05, 4.69) is 6.07 Å². The van der Waals surface area contributed by atoms with Crippen molar-refractivity contribution in [3.8, 4) is 16.9 Å². The van der Waals surface area contributed by atoms with Crippen molar-refractivity contribution in [1.29, 1.82) is 0 Å². The SMILES string of the molecule is CC1(O)c2ccccc2-c2c1ccc1c3c(ccc21)OC(c1ccc(F)cc1)(c1ccc(F)cc1)C=C3. The molecule has 2 nitrogen and oxygen atoms in total. The summed E-state index contributed by atoms with van der Waals surface area (Å²) >= 11 is 0. The largest absolute Gasteiger partial charge is 0.473 e. The summed E-state index contributed by atoms with van der Waals surface area (Å²) in [6, 6.07) is 28.4. The van der Waals surface area contributed by atoms with Crippen LogP contribution in [0.25, 0.3) is 28.0 Å².